The normalized spacial score (nSPS) is 14.6. The molecular formula is C17H19N3O2S. The summed E-state index contributed by atoms with van der Waals surface area (Å²) in [5.41, 5.74) is 1.41. The zero-order valence-corrected chi connectivity index (χ0v) is 13.8. The van der Waals surface area contributed by atoms with E-state index in [0.29, 0.717) is 18.8 Å². The minimum Gasteiger partial charge on any atom is -0.378 e. The Labute approximate surface area is 140 Å². The Kier molecular flexibility index (Phi) is 5.15. The van der Waals surface area contributed by atoms with Gasteiger partial charge in [0.15, 0.2) is 0 Å². The van der Waals surface area contributed by atoms with E-state index in [1.165, 1.54) is 0 Å². The lowest BCUT2D eigenvalue weighted by Crippen LogP contribution is -2.36. The third kappa shape index (κ3) is 4.03. The van der Waals surface area contributed by atoms with E-state index in [1.807, 2.05) is 36.6 Å². The van der Waals surface area contributed by atoms with Crippen LogP contribution in [0.3, 0.4) is 0 Å². The highest BCUT2D eigenvalue weighted by atomic mass is 32.2. The van der Waals surface area contributed by atoms with Gasteiger partial charge in [-0.05, 0) is 36.6 Å². The fraction of sp³-hybridized carbons (Fsp3) is 0.294. The molecule has 1 aromatic heterocycles. The first kappa shape index (κ1) is 15.8. The second kappa shape index (κ2) is 7.48. The van der Waals surface area contributed by atoms with E-state index in [2.05, 4.69) is 15.2 Å². The van der Waals surface area contributed by atoms with Gasteiger partial charge in [0.05, 0.1) is 13.2 Å². The first-order valence-corrected chi connectivity index (χ1v) is 8.73. The number of nitrogens with zero attached hydrogens (tertiary/aromatic N) is 2. The molecule has 0 unspecified atom stereocenters. The molecule has 0 atom stereocenters. The molecule has 1 fully saturated rings. The second-order valence-electron chi connectivity index (χ2n) is 5.19. The molecule has 6 heteroatoms. The molecule has 1 aliphatic heterocycles. The van der Waals surface area contributed by atoms with Crippen LogP contribution in [-0.4, -0.2) is 43.5 Å². The quantitative estimate of drug-likeness (QED) is 0.874. The second-order valence-corrected chi connectivity index (χ2v) is 6.07. The summed E-state index contributed by atoms with van der Waals surface area (Å²) in [5.74, 6) is 0.693. The van der Waals surface area contributed by atoms with Crippen molar-refractivity contribution in [3.8, 4) is 0 Å². The van der Waals surface area contributed by atoms with E-state index in [-0.39, 0.29) is 5.91 Å². The van der Waals surface area contributed by atoms with E-state index < -0.39 is 0 Å². The van der Waals surface area contributed by atoms with Gasteiger partial charge in [-0.15, -0.1) is 11.8 Å². The number of anilines is 2. The fourth-order valence-electron chi connectivity index (χ4n) is 2.43. The van der Waals surface area contributed by atoms with Gasteiger partial charge in [0.2, 0.25) is 0 Å². The van der Waals surface area contributed by atoms with E-state index in [1.54, 1.807) is 24.0 Å². The molecule has 3 rings (SSSR count). The summed E-state index contributed by atoms with van der Waals surface area (Å²) in [4.78, 5) is 20.1. The lowest BCUT2D eigenvalue weighted by molar-refractivity contribution is 0.102. The zero-order chi connectivity index (χ0) is 16.1. The smallest absolute Gasteiger partial charge is 0.255 e. The number of hydrogen-bond acceptors (Lipinski definition) is 5. The SMILES string of the molecule is CSc1cccc(NC(=O)c2ccnc(N3CCOCC3)c2)c1. The Hall–Kier alpha value is -2.05. The topological polar surface area (TPSA) is 54.5 Å². The molecule has 0 saturated carbocycles. The lowest BCUT2D eigenvalue weighted by atomic mass is 10.2. The van der Waals surface area contributed by atoms with Crippen molar-refractivity contribution in [2.45, 2.75) is 4.90 Å². The number of aromatic nitrogens is 1. The highest BCUT2D eigenvalue weighted by Gasteiger charge is 2.14. The molecular weight excluding hydrogens is 310 g/mol. The Balaban J connectivity index is 1.74. The van der Waals surface area contributed by atoms with Gasteiger partial charge in [-0.2, -0.15) is 0 Å². The molecule has 1 aliphatic rings. The first-order valence-electron chi connectivity index (χ1n) is 7.50. The fourth-order valence-corrected chi connectivity index (χ4v) is 2.89. The molecule has 1 N–H and O–H groups in total. The molecule has 120 valence electrons. The molecule has 0 bridgehead atoms. The van der Waals surface area contributed by atoms with Gasteiger partial charge in [-0.25, -0.2) is 4.98 Å². The maximum Gasteiger partial charge on any atom is 0.255 e. The highest BCUT2D eigenvalue weighted by molar-refractivity contribution is 7.98. The third-order valence-corrected chi connectivity index (χ3v) is 4.40. The van der Waals surface area contributed by atoms with Crippen LogP contribution < -0.4 is 10.2 Å². The van der Waals surface area contributed by atoms with Crippen molar-refractivity contribution in [2.24, 2.45) is 0 Å². The minimum absolute atomic E-state index is 0.125. The number of thioether (sulfide) groups is 1. The number of carbonyl (C=O) groups is 1. The number of morpholine rings is 1. The number of ether oxygens (including phenoxy) is 1. The minimum atomic E-state index is -0.125. The monoisotopic (exact) mass is 329 g/mol. The number of rotatable bonds is 4. The Morgan fingerprint density at radius 1 is 1.26 bits per heavy atom. The predicted molar refractivity (Wildman–Crippen MR) is 93.4 cm³/mol. The lowest BCUT2D eigenvalue weighted by Gasteiger charge is -2.27. The summed E-state index contributed by atoms with van der Waals surface area (Å²) >= 11 is 1.65. The summed E-state index contributed by atoms with van der Waals surface area (Å²) < 4.78 is 5.35. The summed E-state index contributed by atoms with van der Waals surface area (Å²) in [6.07, 6.45) is 3.69. The molecule has 1 amide bonds. The highest BCUT2D eigenvalue weighted by Crippen LogP contribution is 2.20. The van der Waals surface area contributed by atoms with Crippen LogP contribution in [-0.2, 0) is 4.74 Å². The standard InChI is InChI=1S/C17H19N3O2S/c1-23-15-4-2-3-14(12-15)19-17(21)13-5-6-18-16(11-13)20-7-9-22-10-8-20/h2-6,11-12H,7-10H2,1H3,(H,19,21). The molecule has 0 radical (unpaired) electrons. The van der Waals surface area contributed by atoms with Crippen LogP contribution >= 0.6 is 11.8 Å². The van der Waals surface area contributed by atoms with Gasteiger partial charge >= 0.3 is 0 Å². The van der Waals surface area contributed by atoms with Gasteiger partial charge < -0.3 is 15.0 Å². The zero-order valence-electron chi connectivity index (χ0n) is 13.0. The number of pyridine rings is 1. The van der Waals surface area contributed by atoms with Crippen LogP contribution in [0.1, 0.15) is 10.4 Å². The predicted octanol–water partition coefficient (Wildman–Crippen LogP) is 2.89. The maximum absolute atomic E-state index is 12.5. The van der Waals surface area contributed by atoms with Crippen molar-refractivity contribution in [3.05, 3.63) is 48.2 Å². The van der Waals surface area contributed by atoms with Crippen molar-refractivity contribution >= 4 is 29.2 Å². The number of hydrogen-bond donors (Lipinski definition) is 1. The van der Waals surface area contributed by atoms with Gasteiger partial charge in [0.25, 0.3) is 5.91 Å². The van der Waals surface area contributed by atoms with Crippen LogP contribution in [0, 0.1) is 0 Å². The van der Waals surface area contributed by atoms with Crippen LogP contribution in [0.5, 0.6) is 0 Å². The van der Waals surface area contributed by atoms with E-state index in [9.17, 15) is 4.79 Å². The van der Waals surface area contributed by atoms with Crippen molar-refractivity contribution in [2.75, 3.05) is 42.8 Å². The largest absolute Gasteiger partial charge is 0.378 e. The van der Waals surface area contributed by atoms with Crippen LogP contribution in [0.25, 0.3) is 0 Å². The third-order valence-electron chi connectivity index (χ3n) is 3.67. The molecule has 0 spiro atoms. The number of carbonyl (C=O) groups excluding carboxylic acids is 1. The number of benzene rings is 1. The summed E-state index contributed by atoms with van der Waals surface area (Å²) in [7, 11) is 0. The number of nitrogens with one attached hydrogen (secondary N) is 1. The molecule has 0 aliphatic carbocycles. The van der Waals surface area contributed by atoms with Gasteiger partial charge in [0, 0.05) is 35.4 Å². The van der Waals surface area contributed by atoms with Gasteiger partial charge in [-0.1, -0.05) is 6.07 Å². The molecule has 2 aromatic rings. The number of amides is 1. The Morgan fingerprint density at radius 3 is 2.87 bits per heavy atom. The molecule has 1 saturated heterocycles. The Morgan fingerprint density at radius 2 is 2.09 bits per heavy atom. The van der Waals surface area contributed by atoms with Crippen LogP contribution in [0.15, 0.2) is 47.5 Å². The summed E-state index contributed by atoms with van der Waals surface area (Å²) in [6.45, 7) is 2.99. The summed E-state index contributed by atoms with van der Waals surface area (Å²) in [5, 5.41) is 2.94. The van der Waals surface area contributed by atoms with Crippen LogP contribution in [0.4, 0.5) is 11.5 Å². The van der Waals surface area contributed by atoms with Crippen LogP contribution in [0.2, 0.25) is 0 Å². The van der Waals surface area contributed by atoms with Crippen molar-refractivity contribution in [1.29, 1.82) is 0 Å². The first-order chi connectivity index (χ1) is 11.3. The van der Waals surface area contributed by atoms with Gasteiger partial charge in [0.1, 0.15) is 5.82 Å². The molecule has 2 heterocycles. The molecule has 5 nitrogen and oxygen atoms in total. The van der Waals surface area contributed by atoms with Crippen molar-refractivity contribution in [1.82, 2.24) is 4.98 Å². The average Bonchev–Trinajstić information content (AvgIpc) is 2.63. The summed E-state index contributed by atoms with van der Waals surface area (Å²) in [6, 6.07) is 11.4. The Bertz CT molecular complexity index is 687. The van der Waals surface area contributed by atoms with E-state index in [4.69, 9.17) is 4.74 Å². The average molecular weight is 329 g/mol. The van der Waals surface area contributed by atoms with E-state index in [0.717, 1.165) is 29.5 Å². The molecule has 23 heavy (non-hydrogen) atoms. The van der Waals surface area contributed by atoms with Crippen molar-refractivity contribution in [3.63, 3.8) is 0 Å². The van der Waals surface area contributed by atoms with Crippen molar-refractivity contribution < 1.29 is 9.53 Å². The maximum atomic E-state index is 12.5. The van der Waals surface area contributed by atoms with Gasteiger partial charge in [-0.3, -0.25) is 4.79 Å². The van der Waals surface area contributed by atoms with E-state index >= 15 is 0 Å². The molecule has 1 aromatic carbocycles.